The molecule has 1 aliphatic heterocycles. The second kappa shape index (κ2) is 5.45. The first kappa shape index (κ1) is 14.9. The van der Waals surface area contributed by atoms with Crippen molar-refractivity contribution in [3.8, 4) is 0 Å². The summed E-state index contributed by atoms with van der Waals surface area (Å²) in [5.74, 6) is 0. The normalized spacial score (nSPS) is 18.5. The molecule has 118 valence electrons. The number of nitrogens with zero attached hydrogens (tertiary/aromatic N) is 3. The molecule has 0 fully saturated rings. The Kier molecular flexibility index (Phi) is 3.52. The SMILES string of the molecule is NS(=O)(=O)c1nn2cc(C3CC=C(c4ccccc4)S3)nc2s1. The van der Waals surface area contributed by atoms with Crippen LogP contribution in [0.4, 0.5) is 0 Å². The van der Waals surface area contributed by atoms with Gasteiger partial charge in [0.25, 0.3) is 10.0 Å². The van der Waals surface area contributed by atoms with Crippen LogP contribution in [-0.2, 0) is 10.0 Å². The van der Waals surface area contributed by atoms with Gasteiger partial charge in [-0.1, -0.05) is 47.7 Å². The third kappa shape index (κ3) is 2.80. The number of aromatic nitrogens is 3. The van der Waals surface area contributed by atoms with E-state index in [1.807, 2.05) is 18.2 Å². The van der Waals surface area contributed by atoms with Crippen LogP contribution in [0.25, 0.3) is 9.87 Å². The van der Waals surface area contributed by atoms with Crippen LogP contribution in [0.5, 0.6) is 0 Å². The fraction of sp³-hybridized carbons (Fsp3) is 0.143. The number of sulfonamides is 1. The third-order valence-corrected chi connectivity index (χ3v) is 7.07. The van der Waals surface area contributed by atoms with Crippen molar-refractivity contribution in [3.63, 3.8) is 0 Å². The largest absolute Gasteiger partial charge is 0.267 e. The molecule has 2 aromatic heterocycles. The van der Waals surface area contributed by atoms with Crippen molar-refractivity contribution < 1.29 is 8.42 Å². The monoisotopic (exact) mass is 364 g/mol. The molecular weight excluding hydrogens is 352 g/mol. The highest BCUT2D eigenvalue weighted by Crippen LogP contribution is 2.47. The van der Waals surface area contributed by atoms with Crippen LogP contribution in [0.15, 0.2) is 46.9 Å². The van der Waals surface area contributed by atoms with E-state index in [1.165, 1.54) is 15.0 Å². The molecule has 2 N–H and O–H groups in total. The Bertz CT molecular complexity index is 974. The zero-order valence-corrected chi connectivity index (χ0v) is 14.2. The van der Waals surface area contributed by atoms with E-state index in [1.54, 1.807) is 18.0 Å². The molecule has 1 aromatic carbocycles. The van der Waals surface area contributed by atoms with Crippen LogP contribution in [0.3, 0.4) is 0 Å². The molecule has 1 atom stereocenters. The standard InChI is InChI=1S/C14H12N4O2S3/c15-23(19,20)14-17-18-8-10(16-13(18)22-14)12-7-6-11(21-12)9-4-2-1-3-5-9/h1-6,8,12H,7H2,(H2,15,19,20). The van der Waals surface area contributed by atoms with Crippen molar-refractivity contribution in [2.75, 3.05) is 0 Å². The topological polar surface area (TPSA) is 90.4 Å². The molecule has 0 radical (unpaired) electrons. The Morgan fingerprint density at radius 1 is 1.26 bits per heavy atom. The highest BCUT2D eigenvalue weighted by Gasteiger charge is 2.25. The van der Waals surface area contributed by atoms with Gasteiger partial charge in [0.2, 0.25) is 9.30 Å². The highest BCUT2D eigenvalue weighted by atomic mass is 32.2. The lowest BCUT2D eigenvalue weighted by Gasteiger charge is -2.06. The number of fused-ring (bicyclic) bond motifs is 1. The van der Waals surface area contributed by atoms with E-state index in [0.717, 1.165) is 23.5 Å². The molecule has 9 heteroatoms. The molecule has 4 rings (SSSR count). The smallest absolute Gasteiger partial charge is 0.223 e. The summed E-state index contributed by atoms with van der Waals surface area (Å²) in [4.78, 5) is 6.28. The number of rotatable bonds is 3. The summed E-state index contributed by atoms with van der Waals surface area (Å²) in [5, 5.41) is 9.30. The van der Waals surface area contributed by atoms with Gasteiger partial charge in [-0.05, 0) is 12.0 Å². The van der Waals surface area contributed by atoms with Crippen LogP contribution < -0.4 is 5.14 Å². The molecular formula is C14H12N4O2S3. The number of imidazole rings is 1. The van der Waals surface area contributed by atoms with Gasteiger partial charge in [-0.15, -0.1) is 16.9 Å². The second-order valence-electron chi connectivity index (χ2n) is 5.08. The number of hydrogen-bond donors (Lipinski definition) is 1. The Balaban J connectivity index is 1.58. The van der Waals surface area contributed by atoms with Gasteiger partial charge in [0.1, 0.15) is 0 Å². The van der Waals surface area contributed by atoms with Crippen molar-refractivity contribution in [1.82, 2.24) is 14.6 Å². The van der Waals surface area contributed by atoms with Gasteiger partial charge in [0.15, 0.2) is 0 Å². The van der Waals surface area contributed by atoms with Gasteiger partial charge in [-0.25, -0.2) is 23.1 Å². The number of hydrogen-bond acceptors (Lipinski definition) is 6. The van der Waals surface area contributed by atoms with E-state index in [9.17, 15) is 8.42 Å². The average Bonchev–Trinajstić information content (AvgIpc) is 3.21. The van der Waals surface area contributed by atoms with Crippen LogP contribution >= 0.6 is 23.1 Å². The number of nitrogens with two attached hydrogens (primary N) is 1. The molecule has 0 saturated heterocycles. The molecule has 23 heavy (non-hydrogen) atoms. The number of allylic oxidation sites excluding steroid dienone is 1. The van der Waals surface area contributed by atoms with Gasteiger partial charge in [-0.3, -0.25) is 0 Å². The summed E-state index contributed by atoms with van der Waals surface area (Å²) >= 11 is 2.75. The number of primary sulfonamides is 1. The van der Waals surface area contributed by atoms with Crippen molar-refractivity contribution >= 4 is 43.0 Å². The van der Waals surface area contributed by atoms with E-state index in [0.29, 0.717) is 4.96 Å². The summed E-state index contributed by atoms with van der Waals surface area (Å²) in [6.07, 6.45) is 4.88. The Hall–Kier alpha value is -1.68. The minimum atomic E-state index is -3.78. The fourth-order valence-corrected chi connectivity index (χ4v) is 5.11. The molecule has 0 spiro atoms. The molecule has 6 nitrogen and oxygen atoms in total. The maximum Gasteiger partial charge on any atom is 0.267 e. The van der Waals surface area contributed by atoms with Crippen molar-refractivity contribution in [2.45, 2.75) is 16.0 Å². The molecule has 1 unspecified atom stereocenters. The van der Waals surface area contributed by atoms with E-state index in [4.69, 9.17) is 5.14 Å². The predicted molar refractivity (Wildman–Crippen MR) is 91.6 cm³/mol. The molecule has 3 aromatic rings. The van der Waals surface area contributed by atoms with Crippen LogP contribution in [0.1, 0.15) is 22.9 Å². The Morgan fingerprint density at radius 3 is 2.74 bits per heavy atom. The van der Waals surface area contributed by atoms with E-state index in [2.05, 4.69) is 28.3 Å². The maximum atomic E-state index is 11.3. The minimum Gasteiger partial charge on any atom is -0.223 e. The van der Waals surface area contributed by atoms with Crippen LogP contribution in [-0.4, -0.2) is 23.0 Å². The summed E-state index contributed by atoms with van der Waals surface area (Å²) in [5.41, 5.74) is 2.10. The summed E-state index contributed by atoms with van der Waals surface area (Å²) in [7, 11) is -3.78. The van der Waals surface area contributed by atoms with Crippen LogP contribution in [0, 0.1) is 0 Å². The molecule has 0 bridgehead atoms. The quantitative estimate of drug-likeness (QED) is 0.771. The lowest BCUT2D eigenvalue weighted by molar-refractivity contribution is 0.595. The van der Waals surface area contributed by atoms with Gasteiger partial charge >= 0.3 is 0 Å². The van der Waals surface area contributed by atoms with Crippen LogP contribution in [0.2, 0.25) is 0 Å². The van der Waals surface area contributed by atoms with Gasteiger partial charge < -0.3 is 0 Å². The lowest BCUT2D eigenvalue weighted by Crippen LogP contribution is -2.12. The average molecular weight is 364 g/mol. The van der Waals surface area contributed by atoms with Crippen molar-refractivity contribution in [1.29, 1.82) is 0 Å². The first-order chi connectivity index (χ1) is 11.0. The number of benzene rings is 1. The highest BCUT2D eigenvalue weighted by molar-refractivity contribution is 8.08. The Labute approximate surface area is 141 Å². The van der Waals surface area contributed by atoms with Crippen molar-refractivity contribution in [2.24, 2.45) is 5.14 Å². The first-order valence-corrected chi connectivity index (χ1v) is 10.1. The third-order valence-electron chi connectivity index (χ3n) is 3.46. The summed E-state index contributed by atoms with van der Waals surface area (Å²) < 4.78 is 24.0. The van der Waals surface area contributed by atoms with E-state index >= 15 is 0 Å². The van der Waals surface area contributed by atoms with Gasteiger partial charge in [-0.2, -0.15) is 0 Å². The lowest BCUT2D eigenvalue weighted by atomic mass is 10.2. The molecule has 1 aliphatic rings. The molecule has 0 aliphatic carbocycles. The maximum absolute atomic E-state index is 11.3. The van der Waals surface area contributed by atoms with Crippen molar-refractivity contribution in [3.05, 3.63) is 53.9 Å². The summed E-state index contributed by atoms with van der Waals surface area (Å²) in [6.45, 7) is 0. The fourth-order valence-electron chi connectivity index (χ4n) is 2.40. The zero-order valence-electron chi connectivity index (χ0n) is 11.8. The number of thioether (sulfide) groups is 1. The first-order valence-electron chi connectivity index (χ1n) is 6.82. The Morgan fingerprint density at radius 2 is 2.04 bits per heavy atom. The van der Waals surface area contributed by atoms with E-state index < -0.39 is 10.0 Å². The van der Waals surface area contributed by atoms with Gasteiger partial charge in [0, 0.05) is 4.91 Å². The minimum absolute atomic E-state index is 0.117. The molecule has 0 saturated carbocycles. The molecule has 0 amide bonds. The second-order valence-corrected chi connectivity index (χ2v) is 9.02. The van der Waals surface area contributed by atoms with E-state index in [-0.39, 0.29) is 9.59 Å². The zero-order chi connectivity index (χ0) is 16.0. The predicted octanol–water partition coefficient (Wildman–Crippen LogP) is 2.66. The summed E-state index contributed by atoms with van der Waals surface area (Å²) in [6, 6.07) is 10.2. The van der Waals surface area contributed by atoms with Gasteiger partial charge in [0.05, 0.1) is 17.1 Å². The molecule has 3 heterocycles.